The molecule has 18 heavy (non-hydrogen) atoms. The van der Waals surface area contributed by atoms with Gasteiger partial charge in [-0.1, -0.05) is 6.07 Å². The third-order valence-corrected chi connectivity index (χ3v) is 3.07. The van der Waals surface area contributed by atoms with Crippen LogP contribution in [-0.4, -0.2) is 24.1 Å². The lowest BCUT2D eigenvalue weighted by molar-refractivity contribution is 0.209. The van der Waals surface area contributed by atoms with Gasteiger partial charge in [0.05, 0.1) is 11.6 Å². The minimum Gasteiger partial charge on any atom is -0.307 e. The second-order valence-corrected chi connectivity index (χ2v) is 4.35. The normalized spacial score (nSPS) is 15.1. The predicted molar refractivity (Wildman–Crippen MR) is 68.9 cm³/mol. The highest BCUT2D eigenvalue weighted by Gasteiger charge is 2.14. The predicted octanol–water partition coefficient (Wildman–Crippen LogP) is 2.00. The molecule has 0 aliphatic carbocycles. The summed E-state index contributed by atoms with van der Waals surface area (Å²) in [5, 5.41) is 13.6. The molecule has 1 aliphatic rings. The SMILES string of the molecule is Cc1c(C#N)cccc1NC(=O)NN1CCCC1. The summed E-state index contributed by atoms with van der Waals surface area (Å²) in [5.41, 5.74) is 4.83. The first kappa shape index (κ1) is 12.4. The first-order valence-electron chi connectivity index (χ1n) is 6.03. The number of hydrazine groups is 1. The van der Waals surface area contributed by atoms with Crippen molar-refractivity contribution in [3.05, 3.63) is 29.3 Å². The van der Waals surface area contributed by atoms with Gasteiger partial charge in [-0.3, -0.25) is 5.43 Å². The summed E-state index contributed by atoms with van der Waals surface area (Å²) < 4.78 is 0. The van der Waals surface area contributed by atoms with Crippen molar-refractivity contribution >= 4 is 11.7 Å². The molecule has 0 saturated carbocycles. The smallest absolute Gasteiger partial charge is 0.307 e. The van der Waals surface area contributed by atoms with Gasteiger partial charge in [0.25, 0.3) is 0 Å². The van der Waals surface area contributed by atoms with Crippen LogP contribution in [0.1, 0.15) is 24.0 Å². The first-order chi connectivity index (χ1) is 8.70. The summed E-state index contributed by atoms with van der Waals surface area (Å²) in [4.78, 5) is 11.8. The number of rotatable bonds is 2. The van der Waals surface area contributed by atoms with E-state index < -0.39 is 0 Å². The van der Waals surface area contributed by atoms with Crippen molar-refractivity contribution in [3.8, 4) is 6.07 Å². The molecule has 0 radical (unpaired) electrons. The van der Waals surface area contributed by atoms with Gasteiger partial charge in [0.2, 0.25) is 0 Å². The van der Waals surface area contributed by atoms with E-state index in [0.29, 0.717) is 11.3 Å². The number of hydrogen-bond donors (Lipinski definition) is 2. The highest BCUT2D eigenvalue weighted by atomic mass is 16.2. The summed E-state index contributed by atoms with van der Waals surface area (Å²) in [5.74, 6) is 0. The van der Waals surface area contributed by atoms with Crippen molar-refractivity contribution in [1.82, 2.24) is 10.4 Å². The van der Waals surface area contributed by atoms with Gasteiger partial charge in [-0.25, -0.2) is 9.80 Å². The summed E-state index contributed by atoms with van der Waals surface area (Å²) >= 11 is 0. The molecular formula is C13H16N4O. The van der Waals surface area contributed by atoms with Crippen LogP contribution >= 0.6 is 0 Å². The van der Waals surface area contributed by atoms with E-state index in [0.717, 1.165) is 31.5 Å². The van der Waals surface area contributed by atoms with Crippen molar-refractivity contribution in [2.75, 3.05) is 18.4 Å². The van der Waals surface area contributed by atoms with Crippen LogP contribution in [0.25, 0.3) is 0 Å². The molecule has 1 aliphatic heterocycles. The Morgan fingerprint density at radius 3 is 2.78 bits per heavy atom. The van der Waals surface area contributed by atoms with E-state index in [4.69, 9.17) is 5.26 Å². The molecule has 0 aromatic heterocycles. The van der Waals surface area contributed by atoms with Gasteiger partial charge in [-0.05, 0) is 37.5 Å². The van der Waals surface area contributed by atoms with Crippen molar-refractivity contribution in [2.24, 2.45) is 0 Å². The molecule has 0 unspecified atom stereocenters. The number of amides is 2. The summed E-state index contributed by atoms with van der Waals surface area (Å²) in [7, 11) is 0. The molecule has 2 amide bonds. The van der Waals surface area contributed by atoms with E-state index in [1.54, 1.807) is 18.2 Å². The van der Waals surface area contributed by atoms with E-state index in [-0.39, 0.29) is 6.03 Å². The van der Waals surface area contributed by atoms with E-state index in [9.17, 15) is 4.79 Å². The van der Waals surface area contributed by atoms with E-state index in [1.807, 2.05) is 11.9 Å². The standard InChI is InChI=1S/C13H16N4O/c1-10-11(9-14)5-4-6-12(10)15-13(18)16-17-7-2-3-8-17/h4-6H,2-3,7-8H2,1H3,(H2,15,16,18). The molecule has 0 spiro atoms. The zero-order valence-electron chi connectivity index (χ0n) is 10.4. The van der Waals surface area contributed by atoms with Gasteiger partial charge in [-0.2, -0.15) is 5.26 Å². The monoisotopic (exact) mass is 244 g/mol. The number of urea groups is 1. The molecule has 0 atom stereocenters. The lowest BCUT2D eigenvalue weighted by Gasteiger charge is -2.17. The second-order valence-electron chi connectivity index (χ2n) is 4.35. The average Bonchev–Trinajstić information content (AvgIpc) is 2.84. The van der Waals surface area contributed by atoms with Gasteiger partial charge in [0, 0.05) is 18.8 Å². The van der Waals surface area contributed by atoms with Gasteiger partial charge in [-0.15, -0.1) is 0 Å². The van der Waals surface area contributed by atoms with Crippen LogP contribution in [0.3, 0.4) is 0 Å². The number of nitriles is 1. The van der Waals surface area contributed by atoms with Crippen LogP contribution < -0.4 is 10.7 Å². The molecular weight excluding hydrogens is 228 g/mol. The minimum absolute atomic E-state index is 0.255. The highest BCUT2D eigenvalue weighted by Crippen LogP contribution is 2.18. The number of hydrogen-bond acceptors (Lipinski definition) is 3. The third kappa shape index (κ3) is 2.79. The molecule has 94 valence electrons. The minimum atomic E-state index is -0.255. The zero-order valence-corrected chi connectivity index (χ0v) is 10.4. The fourth-order valence-corrected chi connectivity index (χ4v) is 2.01. The molecule has 1 heterocycles. The van der Waals surface area contributed by atoms with Crippen molar-refractivity contribution in [3.63, 3.8) is 0 Å². The molecule has 2 rings (SSSR count). The Balaban J connectivity index is 2.00. The van der Waals surface area contributed by atoms with Gasteiger partial charge in [0.1, 0.15) is 0 Å². The Bertz CT molecular complexity index is 486. The Hall–Kier alpha value is -2.06. The summed E-state index contributed by atoms with van der Waals surface area (Å²) in [6.45, 7) is 3.61. The number of carbonyl (C=O) groups excluding carboxylic acids is 1. The maximum atomic E-state index is 11.8. The number of carbonyl (C=O) groups is 1. The topological polar surface area (TPSA) is 68.2 Å². The lowest BCUT2D eigenvalue weighted by atomic mass is 10.1. The summed E-state index contributed by atoms with van der Waals surface area (Å²) in [6.07, 6.45) is 2.23. The molecule has 5 heteroatoms. The van der Waals surface area contributed by atoms with Crippen LogP contribution in [-0.2, 0) is 0 Å². The van der Waals surface area contributed by atoms with E-state index >= 15 is 0 Å². The quantitative estimate of drug-likeness (QED) is 0.836. The first-order valence-corrected chi connectivity index (χ1v) is 6.03. The van der Waals surface area contributed by atoms with E-state index in [2.05, 4.69) is 16.8 Å². The van der Waals surface area contributed by atoms with Crippen LogP contribution in [0.2, 0.25) is 0 Å². The largest absolute Gasteiger partial charge is 0.333 e. The summed E-state index contributed by atoms with van der Waals surface area (Å²) in [6, 6.07) is 7.13. The molecule has 0 bridgehead atoms. The van der Waals surface area contributed by atoms with Crippen LogP contribution in [0.5, 0.6) is 0 Å². The molecule has 2 N–H and O–H groups in total. The van der Waals surface area contributed by atoms with Crippen LogP contribution in [0.4, 0.5) is 10.5 Å². The fourth-order valence-electron chi connectivity index (χ4n) is 2.01. The molecule has 1 fully saturated rings. The van der Waals surface area contributed by atoms with Crippen molar-refractivity contribution < 1.29 is 4.79 Å². The van der Waals surface area contributed by atoms with Gasteiger partial charge < -0.3 is 5.32 Å². The Morgan fingerprint density at radius 2 is 2.11 bits per heavy atom. The average molecular weight is 244 g/mol. The maximum absolute atomic E-state index is 11.8. The Kier molecular flexibility index (Phi) is 3.80. The number of nitrogens with one attached hydrogen (secondary N) is 2. The highest BCUT2D eigenvalue weighted by molar-refractivity contribution is 5.90. The van der Waals surface area contributed by atoms with Crippen molar-refractivity contribution in [2.45, 2.75) is 19.8 Å². The number of anilines is 1. The fraction of sp³-hybridized carbons (Fsp3) is 0.385. The molecule has 1 aromatic carbocycles. The Labute approximate surface area is 106 Å². The van der Waals surface area contributed by atoms with Crippen LogP contribution in [0, 0.1) is 18.3 Å². The third-order valence-electron chi connectivity index (χ3n) is 3.07. The lowest BCUT2D eigenvalue weighted by Crippen LogP contribution is -2.42. The molecule has 5 nitrogen and oxygen atoms in total. The Morgan fingerprint density at radius 1 is 1.39 bits per heavy atom. The van der Waals surface area contributed by atoms with Crippen molar-refractivity contribution in [1.29, 1.82) is 5.26 Å². The van der Waals surface area contributed by atoms with Gasteiger partial charge >= 0.3 is 6.03 Å². The number of nitrogens with zero attached hydrogens (tertiary/aromatic N) is 2. The van der Waals surface area contributed by atoms with E-state index in [1.165, 1.54) is 0 Å². The maximum Gasteiger partial charge on any atom is 0.333 e. The van der Waals surface area contributed by atoms with Crippen LogP contribution in [0.15, 0.2) is 18.2 Å². The number of benzene rings is 1. The zero-order chi connectivity index (χ0) is 13.0. The van der Waals surface area contributed by atoms with Gasteiger partial charge in [0.15, 0.2) is 0 Å². The molecule has 1 aromatic rings. The molecule has 1 saturated heterocycles. The second kappa shape index (κ2) is 5.52.